The molecule has 0 bridgehead atoms. The average molecular weight is 328 g/mol. The lowest BCUT2D eigenvalue weighted by Gasteiger charge is -2.21. The third-order valence-electron chi connectivity index (χ3n) is 3.43. The molecule has 1 aromatic rings. The number of urea groups is 1. The number of carbonyl (C=O) groups excluding carboxylic acids is 1. The first kappa shape index (κ1) is 18.6. The molecule has 0 aliphatic rings. The highest BCUT2D eigenvalue weighted by molar-refractivity contribution is 6.33. The van der Waals surface area contributed by atoms with Crippen molar-refractivity contribution in [2.45, 2.75) is 26.7 Å². The second-order valence-corrected chi connectivity index (χ2v) is 6.77. The number of nitrogens with one attached hydrogen (secondary N) is 2. The lowest BCUT2D eigenvalue weighted by molar-refractivity contribution is 0.148. The molecule has 0 unspecified atom stereocenters. The van der Waals surface area contributed by atoms with E-state index in [0.29, 0.717) is 17.3 Å². The highest BCUT2D eigenvalue weighted by Crippen LogP contribution is 2.27. The summed E-state index contributed by atoms with van der Waals surface area (Å²) < 4.78 is 0. The molecule has 0 spiro atoms. The molecular weight excluding hydrogens is 302 g/mol. The number of anilines is 2. The smallest absolute Gasteiger partial charge is 0.319 e. The predicted octanol–water partition coefficient (Wildman–Crippen LogP) is 3.33. The number of aliphatic hydroxyl groups excluding tert-OH is 1. The molecule has 3 N–H and O–H groups in total. The van der Waals surface area contributed by atoms with Gasteiger partial charge in [0.2, 0.25) is 0 Å². The van der Waals surface area contributed by atoms with Gasteiger partial charge in [0, 0.05) is 32.9 Å². The summed E-state index contributed by atoms with van der Waals surface area (Å²) in [5.74, 6) is 0. The van der Waals surface area contributed by atoms with Crippen molar-refractivity contribution in [3.8, 4) is 0 Å². The van der Waals surface area contributed by atoms with Gasteiger partial charge >= 0.3 is 6.03 Å². The van der Waals surface area contributed by atoms with Crippen molar-refractivity contribution in [3.63, 3.8) is 0 Å². The summed E-state index contributed by atoms with van der Waals surface area (Å²) in [6.07, 6.45) is 1.68. The zero-order valence-corrected chi connectivity index (χ0v) is 14.5. The van der Waals surface area contributed by atoms with Crippen molar-refractivity contribution in [2.24, 2.45) is 5.41 Å². The summed E-state index contributed by atoms with van der Waals surface area (Å²) in [5, 5.41) is 15.3. The highest BCUT2D eigenvalue weighted by atomic mass is 35.5. The van der Waals surface area contributed by atoms with Gasteiger partial charge in [0.05, 0.1) is 10.7 Å². The van der Waals surface area contributed by atoms with Crippen LogP contribution in [0.25, 0.3) is 0 Å². The predicted molar refractivity (Wildman–Crippen MR) is 92.9 cm³/mol. The summed E-state index contributed by atoms with van der Waals surface area (Å²) in [6, 6.07) is 5.15. The zero-order chi connectivity index (χ0) is 16.8. The Bertz CT molecular complexity index is 504. The Morgan fingerprint density at radius 3 is 2.59 bits per heavy atom. The molecule has 22 heavy (non-hydrogen) atoms. The van der Waals surface area contributed by atoms with Crippen molar-refractivity contribution in [3.05, 3.63) is 23.2 Å². The topological polar surface area (TPSA) is 64.6 Å². The van der Waals surface area contributed by atoms with Crippen LogP contribution in [0.5, 0.6) is 0 Å². The van der Waals surface area contributed by atoms with Gasteiger partial charge in [0.25, 0.3) is 0 Å². The molecule has 6 heteroatoms. The first-order chi connectivity index (χ1) is 10.2. The minimum Gasteiger partial charge on any atom is -0.396 e. The van der Waals surface area contributed by atoms with E-state index in [-0.39, 0.29) is 18.1 Å². The fourth-order valence-electron chi connectivity index (χ4n) is 1.97. The summed E-state index contributed by atoms with van der Waals surface area (Å²) in [7, 11) is 3.82. The number of hydrogen-bond donors (Lipinski definition) is 3. The number of carbonyl (C=O) groups is 1. The molecule has 0 aromatic heterocycles. The van der Waals surface area contributed by atoms with Crippen LogP contribution < -0.4 is 15.5 Å². The van der Waals surface area contributed by atoms with Crippen molar-refractivity contribution >= 4 is 29.0 Å². The van der Waals surface area contributed by atoms with Crippen LogP contribution in [0.2, 0.25) is 5.02 Å². The normalized spacial score (nSPS) is 11.2. The number of rotatable bonds is 7. The number of halogens is 1. The zero-order valence-electron chi connectivity index (χ0n) is 13.7. The number of hydrogen-bond acceptors (Lipinski definition) is 3. The molecular formula is C16H26ClN3O2. The van der Waals surface area contributed by atoms with Crippen LogP contribution in [-0.2, 0) is 0 Å². The minimum absolute atomic E-state index is 0.103. The summed E-state index contributed by atoms with van der Waals surface area (Å²) in [4.78, 5) is 13.7. The molecule has 5 nitrogen and oxygen atoms in total. The van der Waals surface area contributed by atoms with E-state index in [2.05, 4.69) is 10.6 Å². The standard InChI is InChI=1S/C16H26ClN3O2/c1-16(2,11-21)8-5-9-18-15(22)19-12-6-7-14(20(3)4)13(17)10-12/h6-7,10,21H,5,8-9,11H2,1-4H3,(H2,18,19,22). The monoisotopic (exact) mass is 327 g/mol. The fraction of sp³-hybridized carbons (Fsp3) is 0.562. The van der Waals surface area contributed by atoms with E-state index in [1.807, 2.05) is 45.0 Å². The molecule has 1 aromatic carbocycles. The summed E-state index contributed by atoms with van der Waals surface area (Å²) >= 11 is 6.16. The van der Waals surface area contributed by atoms with Gasteiger partial charge in [0.15, 0.2) is 0 Å². The van der Waals surface area contributed by atoms with Crippen LogP contribution in [0.4, 0.5) is 16.2 Å². The molecule has 0 saturated carbocycles. The van der Waals surface area contributed by atoms with Crippen molar-refractivity contribution < 1.29 is 9.90 Å². The first-order valence-electron chi connectivity index (χ1n) is 7.38. The largest absolute Gasteiger partial charge is 0.396 e. The molecule has 0 atom stereocenters. The maximum atomic E-state index is 11.8. The Morgan fingerprint density at radius 2 is 2.05 bits per heavy atom. The maximum absolute atomic E-state index is 11.8. The van der Waals surface area contributed by atoms with Crippen LogP contribution in [0.1, 0.15) is 26.7 Å². The van der Waals surface area contributed by atoms with E-state index in [1.54, 1.807) is 6.07 Å². The highest BCUT2D eigenvalue weighted by Gasteiger charge is 2.15. The van der Waals surface area contributed by atoms with Crippen molar-refractivity contribution in [2.75, 3.05) is 37.5 Å². The number of aliphatic hydroxyl groups is 1. The second kappa shape index (κ2) is 8.25. The van der Waals surface area contributed by atoms with E-state index in [9.17, 15) is 4.79 Å². The molecule has 0 heterocycles. The molecule has 0 radical (unpaired) electrons. The Morgan fingerprint density at radius 1 is 1.36 bits per heavy atom. The third-order valence-corrected chi connectivity index (χ3v) is 3.73. The van der Waals surface area contributed by atoms with Gasteiger partial charge in [-0.1, -0.05) is 25.4 Å². The molecule has 0 fully saturated rings. The Hall–Kier alpha value is -1.46. The molecule has 0 aliphatic carbocycles. The van der Waals surface area contributed by atoms with Gasteiger partial charge in [-0.3, -0.25) is 0 Å². The van der Waals surface area contributed by atoms with Crippen LogP contribution in [0.3, 0.4) is 0 Å². The van der Waals surface area contributed by atoms with E-state index < -0.39 is 0 Å². The number of nitrogens with zero attached hydrogens (tertiary/aromatic N) is 1. The molecule has 1 rings (SSSR count). The number of benzene rings is 1. The van der Waals surface area contributed by atoms with E-state index in [4.69, 9.17) is 16.7 Å². The third kappa shape index (κ3) is 6.12. The average Bonchev–Trinajstić information content (AvgIpc) is 2.43. The first-order valence-corrected chi connectivity index (χ1v) is 7.75. The fourth-order valence-corrected chi connectivity index (χ4v) is 2.32. The van der Waals surface area contributed by atoms with Gasteiger partial charge in [-0.2, -0.15) is 0 Å². The van der Waals surface area contributed by atoms with E-state index in [0.717, 1.165) is 18.5 Å². The quantitative estimate of drug-likeness (QED) is 0.673. The van der Waals surface area contributed by atoms with Crippen molar-refractivity contribution in [1.82, 2.24) is 5.32 Å². The van der Waals surface area contributed by atoms with E-state index in [1.165, 1.54) is 0 Å². The van der Waals surface area contributed by atoms with Gasteiger partial charge in [0.1, 0.15) is 0 Å². The van der Waals surface area contributed by atoms with Crippen molar-refractivity contribution in [1.29, 1.82) is 0 Å². The minimum atomic E-state index is -0.254. The SMILES string of the molecule is CN(C)c1ccc(NC(=O)NCCCC(C)(C)CO)cc1Cl. The maximum Gasteiger partial charge on any atom is 0.319 e. The lowest BCUT2D eigenvalue weighted by Crippen LogP contribution is -2.30. The van der Waals surface area contributed by atoms with Gasteiger partial charge in [-0.15, -0.1) is 0 Å². The van der Waals surface area contributed by atoms with Crippen LogP contribution in [-0.4, -0.2) is 38.4 Å². The summed E-state index contributed by atoms with van der Waals surface area (Å²) in [6.45, 7) is 4.72. The lowest BCUT2D eigenvalue weighted by atomic mass is 9.89. The van der Waals surface area contributed by atoms with Gasteiger partial charge < -0.3 is 20.6 Å². The Kier molecular flexibility index (Phi) is 6.97. The van der Waals surface area contributed by atoms with E-state index >= 15 is 0 Å². The Balaban J connectivity index is 2.41. The molecule has 0 aliphatic heterocycles. The van der Waals surface area contributed by atoms with Crippen LogP contribution in [0, 0.1) is 5.41 Å². The molecule has 0 saturated heterocycles. The van der Waals surface area contributed by atoms with Crippen LogP contribution >= 0.6 is 11.6 Å². The van der Waals surface area contributed by atoms with Gasteiger partial charge in [-0.25, -0.2) is 4.79 Å². The van der Waals surface area contributed by atoms with Crippen LogP contribution in [0.15, 0.2) is 18.2 Å². The molecule has 2 amide bonds. The number of amides is 2. The summed E-state index contributed by atoms with van der Waals surface area (Å²) in [5.41, 5.74) is 1.45. The Labute approximate surface area is 137 Å². The molecule has 124 valence electrons. The second-order valence-electron chi connectivity index (χ2n) is 6.37. The van der Waals surface area contributed by atoms with Gasteiger partial charge in [-0.05, 0) is 36.5 Å².